The van der Waals surface area contributed by atoms with Gasteiger partial charge in [0.2, 0.25) is 0 Å². The van der Waals surface area contributed by atoms with E-state index in [-0.39, 0.29) is 18.0 Å². The van der Waals surface area contributed by atoms with Gasteiger partial charge in [0.25, 0.3) is 11.8 Å². The number of benzene rings is 4. The van der Waals surface area contributed by atoms with Crippen molar-refractivity contribution in [2.24, 2.45) is 0 Å². The zero-order chi connectivity index (χ0) is 26.6. The topological polar surface area (TPSA) is 66.9 Å². The highest BCUT2D eigenvalue weighted by Gasteiger charge is 2.43. The molecule has 1 fully saturated rings. The molecule has 1 heterocycles. The van der Waals surface area contributed by atoms with Gasteiger partial charge in [-0.2, -0.15) is 0 Å². The first-order valence-corrected chi connectivity index (χ1v) is 12.4. The molecule has 0 N–H and O–H groups in total. The van der Waals surface area contributed by atoms with Crippen LogP contribution in [0.15, 0.2) is 113 Å². The number of amides is 4. The maximum atomic E-state index is 13.5. The average Bonchev–Trinajstić information content (AvgIpc) is 2.93. The number of urea groups is 1. The summed E-state index contributed by atoms with van der Waals surface area (Å²) in [6.45, 7) is 0.233. The third-order valence-electron chi connectivity index (χ3n) is 5.85. The van der Waals surface area contributed by atoms with Gasteiger partial charge in [-0.15, -0.1) is 0 Å². The van der Waals surface area contributed by atoms with Gasteiger partial charge in [-0.3, -0.25) is 9.59 Å². The molecule has 0 atom stereocenters. The molecule has 0 bridgehead atoms. The Kier molecular flexibility index (Phi) is 7.15. The number of para-hydroxylation sites is 2. The molecule has 8 heteroatoms. The molecule has 188 valence electrons. The van der Waals surface area contributed by atoms with Crippen molar-refractivity contribution in [3.05, 3.63) is 130 Å². The van der Waals surface area contributed by atoms with Crippen molar-refractivity contribution in [2.45, 2.75) is 6.61 Å². The van der Waals surface area contributed by atoms with Crippen LogP contribution in [0.25, 0.3) is 6.08 Å². The van der Waals surface area contributed by atoms with Crippen molar-refractivity contribution in [1.29, 1.82) is 0 Å². The van der Waals surface area contributed by atoms with Crippen molar-refractivity contribution in [3.63, 3.8) is 0 Å². The number of anilines is 2. The predicted molar refractivity (Wildman–Crippen MR) is 146 cm³/mol. The maximum Gasteiger partial charge on any atom is 0.343 e. The van der Waals surface area contributed by atoms with Crippen molar-refractivity contribution < 1.29 is 23.5 Å². The molecule has 4 amide bonds. The van der Waals surface area contributed by atoms with E-state index in [1.165, 1.54) is 18.2 Å². The van der Waals surface area contributed by atoms with E-state index in [4.69, 9.17) is 4.74 Å². The van der Waals surface area contributed by atoms with Gasteiger partial charge in [0, 0.05) is 0 Å². The van der Waals surface area contributed by atoms with Crippen LogP contribution in [-0.4, -0.2) is 17.8 Å². The fourth-order valence-corrected chi connectivity index (χ4v) is 4.48. The standard InChI is InChI=1S/C30H20BrFN2O4/c31-26-18-21(13-16-27(26)38-19-20-11-14-22(32)15-12-20)17-25-28(35)33(23-7-3-1-4-8-23)30(37)34(29(25)36)24-9-5-2-6-10-24/h1-18H,19H2. The van der Waals surface area contributed by atoms with Crippen LogP contribution in [-0.2, 0) is 16.2 Å². The average molecular weight is 571 g/mol. The van der Waals surface area contributed by atoms with Gasteiger partial charge in [0.15, 0.2) is 0 Å². The summed E-state index contributed by atoms with van der Waals surface area (Å²) in [5.41, 5.74) is 1.90. The van der Waals surface area contributed by atoms with E-state index in [9.17, 15) is 18.8 Å². The summed E-state index contributed by atoms with van der Waals surface area (Å²) in [6.07, 6.45) is 1.46. The summed E-state index contributed by atoms with van der Waals surface area (Å²) in [7, 11) is 0. The Morgan fingerprint density at radius 2 is 1.29 bits per heavy atom. The van der Waals surface area contributed by atoms with Crippen LogP contribution in [0.2, 0.25) is 0 Å². The van der Waals surface area contributed by atoms with E-state index in [1.54, 1.807) is 91.0 Å². The molecule has 0 spiro atoms. The van der Waals surface area contributed by atoms with Crippen LogP contribution in [0.5, 0.6) is 5.75 Å². The minimum absolute atomic E-state index is 0.163. The number of hydrogen-bond acceptors (Lipinski definition) is 4. The predicted octanol–water partition coefficient (Wildman–Crippen LogP) is 6.75. The highest BCUT2D eigenvalue weighted by atomic mass is 79.9. The summed E-state index contributed by atoms with van der Waals surface area (Å²) < 4.78 is 19.6. The van der Waals surface area contributed by atoms with E-state index in [1.807, 2.05) is 0 Å². The van der Waals surface area contributed by atoms with Crippen LogP contribution < -0.4 is 14.5 Å². The molecule has 4 aromatic carbocycles. The number of hydrogen-bond donors (Lipinski definition) is 0. The van der Waals surface area contributed by atoms with Crippen LogP contribution >= 0.6 is 15.9 Å². The SMILES string of the molecule is O=C1C(=Cc2ccc(OCc3ccc(F)cc3)c(Br)c2)C(=O)N(c2ccccc2)C(=O)N1c1ccccc1. The summed E-state index contributed by atoms with van der Waals surface area (Å²) in [5, 5.41) is 0. The lowest BCUT2D eigenvalue weighted by molar-refractivity contribution is -0.121. The lowest BCUT2D eigenvalue weighted by Gasteiger charge is -2.33. The van der Waals surface area contributed by atoms with Crippen LogP contribution in [0, 0.1) is 5.82 Å². The summed E-state index contributed by atoms with van der Waals surface area (Å²) in [6, 6.07) is 27.3. The number of carbonyl (C=O) groups excluding carboxylic acids is 3. The fourth-order valence-electron chi connectivity index (χ4n) is 3.97. The Hall–Kier alpha value is -4.56. The van der Waals surface area contributed by atoms with Crippen molar-refractivity contribution in [2.75, 3.05) is 9.80 Å². The zero-order valence-electron chi connectivity index (χ0n) is 19.9. The summed E-state index contributed by atoms with van der Waals surface area (Å²) in [5.74, 6) is -1.22. The van der Waals surface area contributed by atoms with E-state index in [0.29, 0.717) is 27.2 Å². The first kappa shape index (κ1) is 25.1. The summed E-state index contributed by atoms with van der Waals surface area (Å²) in [4.78, 5) is 42.4. The first-order chi connectivity index (χ1) is 18.4. The molecule has 0 radical (unpaired) electrons. The Morgan fingerprint density at radius 3 is 1.82 bits per heavy atom. The molecule has 0 aliphatic carbocycles. The molecule has 6 nitrogen and oxygen atoms in total. The largest absolute Gasteiger partial charge is 0.488 e. The fraction of sp³-hybridized carbons (Fsp3) is 0.0333. The number of ether oxygens (including phenoxy) is 1. The lowest BCUT2D eigenvalue weighted by Crippen LogP contribution is -2.57. The number of rotatable bonds is 6. The van der Waals surface area contributed by atoms with Crippen LogP contribution in [0.3, 0.4) is 0 Å². The third-order valence-corrected chi connectivity index (χ3v) is 6.47. The van der Waals surface area contributed by atoms with Crippen molar-refractivity contribution >= 4 is 51.2 Å². The Morgan fingerprint density at radius 1 is 0.737 bits per heavy atom. The lowest BCUT2D eigenvalue weighted by atomic mass is 10.0. The number of halogens is 2. The van der Waals surface area contributed by atoms with Gasteiger partial charge in [0.05, 0.1) is 15.8 Å². The number of carbonyl (C=O) groups is 3. The molecule has 0 saturated carbocycles. The van der Waals surface area contributed by atoms with Gasteiger partial charge >= 0.3 is 6.03 Å². The first-order valence-electron chi connectivity index (χ1n) is 11.6. The van der Waals surface area contributed by atoms with Crippen molar-refractivity contribution in [3.8, 4) is 5.75 Å². The smallest absolute Gasteiger partial charge is 0.343 e. The molecular weight excluding hydrogens is 551 g/mol. The van der Waals surface area contributed by atoms with Gasteiger partial charge in [-0.05, 0) is 81.7 Å². The Labute approximate surface area is 226 Å². The monoisotopic (exact) mass is 570 g/mol. The molecule has 0 unspecified atom stereocenters. The minimum Gasteiger partial charge on any atom is -0.488 e. The third kappa shape index (κ3) is 5.12. The van der Waals surface area contributed by atoms with Gasteiger partial charge in [-0.25, -0.2) is 19.0 Å². The van der Waals surface area contributed by atoms with Crippen molar-refractivity contribution in [1.82, 2.24) is 0 Å². The molecule has 1 saturated heterocycles. The van der Waals surface area contributed by atoms with E-state index < -0.39 is 17.8 Å². The normalized spacial score (nSPS) is 13.6. The molecular formula is C30H20BrFN2O4. The van der Waals surface area contributed by atoms with Crippen LogP contribution in [0.4, 0.5) is 20.6 Å². The van der Waals surface area contributed by atoms with E-state index >= 15 is 0 Å². The highest BCUT2D eigenvalue weighted by molar-refractivity contribution is 9.10. The molecule has 1 aliphatic heterocycles. The molecule has 5 rings (SSSR count). The van der Waals surface area contributed by atoms with Gasteiger partial charge < -0.3 is 4.74 Å². The molecule has 4 aromatic rings. The molecule has 38 heavy (non-hydrogen) atoms. The van der Waals surface area contributed by atoms with Gasteiger partial charge in [0.1, 0.15) is 23.7 Å². The Balaban J connectivity index is 1.47. The second-order valence-electron chi connectivity index (χ2n) is 8.40. The number of imide groups is 2. The summed E-state index contributed by atoms with van der Waals surface area (Å²) >= 11 is 3.48. The number of nitrogens with zero attached hydrogens (tertiary/aromatic N) is 2. The maximum absolute atomic E-state index is 13.5. The molecule has 1 aliphatic rings. The van der Waals surface area contributed by atoms with E-state index in [0.717, 1.165) is 15.4 Å². The second-order valence-corrected chi connectivity index (χ2v) is 9.25. The number of barbiturate groups is 1. The zero-order valence-corrected chi connectivity index (χ0v) is 21.5. The quantitative estimate of drug-likeness (QED) is 0.190. The molecule has 0 aromatic heterocycles. The van der Waals surface area contributed by atoms with E-state index in [2.05, 4.69) is 15.9 Å². The van der Waals surface area contributed by atoms with Gasteiger partial charge in [-0.1, -0.05) is 54.6 Å². The second kappa shape index (κ2) is 10.8. The highest BCUT2D eigenvalue weighted by Crippen LogP contribution is 2.31. The minimum atomic E-state index is -0.750. The van der Waals surface area contributed by atoms with Crippen LogP contribution in [0.1, 0.15) is 11.1 Å². The Bertz CT molecular complexity index is 1480.